The highest BCUT2D eigenvalue weighted by molar-refractivity contribution is 6.33. The van der Waals surface area contributed by atoms with Crippen LogP contribution < -0.4 is 16.0 Å². The second-order valence-electron chi connectivity index (χ2n) is 6.19. The number of nitrogens with one attached hydrogen (secondary N) is 3. The van der Waals surface area contributed by atoms with Crippen LogP contribution in [0.15, 0.2) is 18.2 Å². The van der Waals surface area contributed by atoms with Gasteiger partial charge in [-0.1, -0.05) is 18.5 Å². The zero-order chi connectivity index (χ0) is 16.8. The highest BCUT2D eigenvalue weighted by Gasteiger charge is 2.22. The van der Waals surface area contributed by atoms with E-state index >= 15 is 0 Å². The van der Waals surface area contributed by atoms with E-state index in [1.807, 2.05) is 0 Å². The summed E-state index contributed by atoms with van der Waals surface area (Å²) in [5.41, 5.74) is 1.14. The number of benzene rings is 1. The Morgan fingerprint density at radius 1 is 1.30 bits per heavy atom. The summed E-state index contributed by atoms with van der Waals surface area (Å²) < 4.78 is 0. The van der Waals surface area contributed by atoms with Crippen molar-refractivity contribution in [3.63, 3.8) is 0 Å². The molecule has 1 aromatic rings. The number of halogens is 1. The molecule has 1 fully saturated rings. The van der Waals surface area contributed by atoms with Gasteiger partial charge >= 0.3 is 0 Å². The van der Waals surface area contributed by atoms with Crippen molar-refractivity contribution in [3.05, 3.63) is 23.2 Å². The van der Waals surface area contributed by atoms with Gasteiger partial charge in [0.15, 0.2) is 0 Å². The van der Waals surface area contributed by atoms with E-state index in [2.05, 4.69) is 22.9 Å². The van der Waals surface area contributed by atoms with Crippen LogP contribution in [0.3, 0.4) is 0 Å². The lowest BCUT2D eigenvalue weighted by Gasteiger charge is -2.27. The average Bonchev–Trinajstić information content (AvgIpc) is 2.51. The molecule has 1 aromatic carbocycles. The molecular formula is C17H24ClN3O2. The molecule has 0 aliphatic carbocycles. The summed E-state index contributed by atoms with van der Waals surface area (Å²) in [7, 11) is 0. The number of hydrogen-bond donors (Lipinski definition) is 3. The van der Waals surface area contributed by atoms with E-state index in [1.165, 1.54) is 6.92 Å². The van der Waals surface area contributed by atoms with E-state index in [4.69, 9.17) is 11.6 Å². The van der Waals surface area contributed by atoms with Crippen molar-refractivity contribution in [2.75, 3.05) is 23.7 Å². The molecule has 1 saturated heterocycles. The molecule has 5 nitrogen and oxygen atoms in total. The van der Waals surface area contributed by atoms with Gasteiger partial charge in [0, 0.05) is 19.0 Å². The minimum absolute atomic E-state index is 0.0436. The summed E-state index contributed by atoms with van der Waals surface area (Å²) in [6.45, 7) is 5.63. The van der Waals surface area contributed by atoms with Crippen LogP contribution in [-0.2, 0) is 9.59 Å². The first-order chi connectivity index (χ1) is 11.0. The molecule has 23 heavy (non-hydrogen) atoms. The SMILES string of the molecule is CC(=O)Nc1ccc(Cl)c(NC(=O)CC(C)C2CCNCC2)c1. The zero-order valence-electron chi connectivity index (χ0n) is 13.6. The molecule has 1 aliphatic rings. The molecule has 2 amide bonds. The third kappa shape index (κ3) is 5.52. The lowest BCUT2D eigenvalue weighted by Crippen LogP contribution is -2.32. The van der Waals surface area contributed by atoms with Crippen molar-refractivity contribution >= 4 is 34.8 Å². The average molecular weight is 338 g/mol. The molecule has 0 radical (unpaired) electrons. The largest absolute Gasteiger partial charge is 0.326 e. The molecule has 0 saturated carbocycles. The molecule has 1 heterocycles. The molecule has 6 heteroatoms. The minimum atomic E-state index is -0.163. The lowest BCUT2D eigenvalue weighted by atomic mass is 9.84. The van der Waals surface area contributed by atoms with Crippen molar-refractivity contribution in [1.29, 1.82) is 0 Å². The Morgan fingerprint density at radius 2 is 2.00 bits per heavy atom. The van der Waals surface area contributed by atoms with Crippen LogP contribution in [0.2, 0.25) is 5.02 Å². The van der Waals surface area contributed by atoms with Crippen LogP contribution in [-0.4, -0.2) is 24.9 Å². The van der Waals surface area contributed by atoms with Gasteiger partial charge in [-0.15, -0.1) is 0 Å². The molecule has 2 rings (SSSR count). The first kappa shape index (κ1) is 17.8. The van der Waals surface area contributed by atoms with E-state index in [-0.39, 0.29) is 11.8 Å². The number of carbonyl (C=O) groups is 2. The summed E-state index contributed by atoms with van der Waals surface area (Å²) >= 11 is 6.13. The monoisotopic (exact) mass is 337 g/mol. The van der Waals surface area contributed by atoms with Crippen molar-refractivity contribution in [3.8, 4) is 0 Å². The second kappa shape index (κ2) is 8.31. The number of rotatable bonds is 5. The van der Waals surface area contributed by atoms with Crippen molar-refractivity contribution in [2.24, 2.45) is 11.8 Å². The third-order valence-corrected chi connectivity index (χ3v) is 4.59. The summed E-state index contributed by atoms with van der Waals surface area (Å²) in [4.78, 5) is 23.4. The molecule has 0 aromatic heterocycles. The van der Waals surface area contributed by atoms with Gasteiger partial charge in [-0.25, -0.2) is 0 Å². The van der Waals surface area contributed by atoms with E-state index in [9.17, 15) is 9.59 Å². The van der Waals surface area contributed by atoms with Gasteiger partial charge < -0.3 is 16.0 Å². The van der Waals surface area contributed by atoms with Crippen LogP contribution in [0.1, 0.15) is 33.1 Å². The molecule has 0 spiro atoms. The van der Waals surface area contributed by atoms with Gasteiger partial charge in [0.1, 0.15) is 0 Å². The maximum absolute atomic E-state index is 12.3. The predicted octanol–water partition coefficient (Wildman–Crippen LogP) is 3.26. The van der Waals surface area contributed by atoms with Gasteiger partial charge in [-0.2, -0.15) is 0 Å². The summed E-state index contributed by atoms with van der Waals surface area (Å²) in [5.74, 6) is 0.722. The van der Waals surface area contributed by atoms with Crippen LogP contribution in [0, 0.1) is 11.8 Å². The highest BCUT2D eigenvalue weighted by atomic mass is 35.5. The van der Waals surface area contributed by atoms with Crippen molar-refractivity contribution in [1.82, 2.24) is 5.32 Å². The van der Waals surface area contributed by atoms with Gasteiger partial charge in [0.2, 0.25) is 11.8 Å². The summed E-state index contributed by atoms with van der Waals surface area (Å²) in [5, 5.41) is 9.34. The fourth-order valence-corrected chi connectivity index (χ4v) is 3.14. The smallest absolute Gasteiger partial charge is 0.224 e. The molecule has 126 valence electrons. The Kier molecular flexibility index (Phi) is 6.42. The van der Waals surface area contributed by atoms with Crippen LogP contribution in [0.25, 0.3) is 0 Å². The zero-order valence-corrected chi connectivity index (χ0v) is 14.4. The van der Waals surface area contributed by atoms with Crippen LogP contribution in [0.4, 0.5) is 11.4 Å². The van der Waals surface area contributed by atoms with Gasteiger partial charge in [0.05, 0.1) is 10.7 Å². The quantitative estimate of drug-likeness (QED) is 0.772. The third-order valence-electron chi connectivity index (χ3n) is 4.26. The Morgan fingerprint density at radius 3 is 2.65 bits per heavy atom. The Balaban J connectivity index is 1.94. The molecule has 1 unspecified atom stereocenters. The van der Waals surface area contributed by atoms with Gasteiger partial charge in [-0.3, -0.25) is 9.59 Å². The van der Waals surface area contributed by atoms with Crippen LogP contribution >= 0.6 is 11.6 Å². The van der Waals surface area contributed by atoms with Gasteiger partial charge in [-0.05, 0) is 56.0 Å². The number of piperidine rings is 1. The Labute approximate surface area is 142 Å². The Bertz CT molecular complexity index is 571. The first-order valence-electron chi connectivity index (χ1n) is 8.03. The molecule has 1 aliphatic heterocycles. The molecule has 3 N–H and O–H groups in total. The van der Waals surface area contributed by atoms with Crippen molar-refractivity contribution in [2.45, 2.75) is 33.1 Å². The van der Waals surface area contributed by atoms with Gasteiger partial charge in [0.25, 0.3) is 0 Å². The predicted molar refractivity (Wildman–Crippen MR) is 93.8 cm³/mol. The summed E-state index contributed by atoms with van der Waals surface area (Å²) in [6, 6.07) is 5.05. The fraction of sp³-hybridized carbons (Fsp3) is 0.529. The molecule has 0 bridgehead atoms. The van der Waals surface area contributed by atoms with E-state index in [0.29, 0.717) is 34.7 Å². The fourth-order valence-electron chi connectivity index (χ4n) is 2.98. The number of amides is 2. The molecular weight excluding hydrogens is 314 g/mol. The minimum Gasteiger partial charge on any atom is -0.326 e. The van der Waals surface area contributed by atoms with E-state index in [0.717, 1.165) is 25.9 Å². The first-order valence-corrected chi connectivity index (χ1v) is 8.41. The molecule has 1 atom stereocenters. The topological polar surface area (TPSA) is 70.2 Å². The van der Waals surface area contributed by atoms with Crippen LogP contribution in [0.5, 0.6) is 0 Å². The standard InChI is InChI=1S/C17H24ClN3O2/c1-11(13-5-7-19-8-6-13)9-17(23)21-16-10-14(20-12(2)22)3-4-15(16)18/h3-4,10-11,13,19H,5-9H2,1-2H3,(H,20,22)(H,21,23). The summed E-state index contributed by atoms with van der Waals surface area (Å²) in [6.07, 6.45) is 2.71. The maximum atomic E-state index is 12.3. The normalized spacial score (nSPS) is 16.7. The maximum Gasteiger partial charge on any atom is 0.224 e. The highest BCUT2D eigenvalue weighted by Crippen LogP contribution is 2.28. The lowest BCUT2D eigenvalue weighted by molar-refractivity contribution is -0.117. The number of carbonyl (C=O) groups excluding carboxylic acids is 2. The number of anilines is 2. The van der Waals surface area contributed by atoms with E-state index in [1.54, 1.807) is 18.2 Å². The number of hydrogen-bond acceptors (Lipinski definition) is 3. The second-order valence-corrected chi connectivity index (χ2v) is 6.60. The van der Waals surface area contributed by atoms with E-state index < -0.39 is 0 Å². The van der Waals surface area contributed by atoms with Crippen molar-refractivity contribution < 1.29 is 9.59 Å². The Hall–Kier alpha value is -1.59.